The molecule has 1 atom stereocenters. The SMILES string of the molecule is CCC[C@@H](C)NC(=O)CN1CCN(S(=O)(=O)c2ccc(C(C)=O)cc2)CC1. The molecule has 1 amide bonds. The van der Waals surface area contributed by atoms with Crippen LogP contribution in [0.4, 0.5) is 0 Å². The predicted molar refractivity (Wildman–Crippen MR) is 104 cm³/mol. The average Bonchev–Trinajstić information content (AvgIpc) is 2.62. The van der Waals surface area contributed by atoms with E-state index < -0.39 is 10.0 Å². The first-order chi connectivity index (χ1) is 12.7. The van der Waals surface area contributed by atoms with Crippen LogP contribution in [0.2, 0.25) is 0 Å². The maximum atomic E-state index is 12.8. The van der Waals surface area contributed by atoms with E-state index in [9.17, 15) is 18.0 Å². The van der Waals surface area contributed by atoms with Gasteiger partial charge in [-0.15, -0.1) is 0 Å². The van der Waals surface area contributed by atoms with E-state index >= 15 is 0 Å². The minimum Gasteiger partial charge on any atom is -0.353 e. The molecule has 1 fully saturated rings. The molecule has 0 spiro atoms. The van der Waals surface area contributed by atoms with Crippen molar-refractivity contribution in [3.63, 3.8) is 0 Å². The smallest absolute Gasteiger partial charge is 0.243 e. The van der Waals surface area contributed by atoms with Crippen LogP contribution in [0.5, 0.6) is 0 Å². The van der Waals surface area contributed by atoms with Crippen molar-refractivity contribution < 1.29 is 18.0 Å². The Morgan fingerprint density at radius 1 is 1.11 bits per heavy atom. The van der Waals surface area contributed by atoms with Gasteiger partial charge in [-0.05, 0) is 32.4 Å². The molecule has 0 saturated carbocycles. The number of nitrogens with one attached hydrogen (secondary N) is 1. The molecule has 0 aliphatic carbocycles. The quantitative estimate of drug-likeness (QED) is 0.674. The average molecular weight is 396 g/mol. The molecule has 8 heteroatoms. The van der Waals surface area contributed by atoms with Gasteiger partial charge in [0, 0.05) is 37.8 Å². The maximum absolute atomic E-state index is 12.8. The molecule has 1 saturated heterocycles. The van der Waals surface area contributed by atoms with Crippen LogP contribution in [0.1, 0.15) is 44.0 Å². The Morgan fingerprint density at radius 3 is 2.22 bits per heavy atom. The molecule has 7 nitrogen and oxygen atoms in total. The fourth-order valence-corrected chi connectivity index (χ4v) is 4.59. The summed E-state index contributed by atoms with van der Waals surface area (Å²) in [5, 5.41) is 2.97. The number of Topliss-reactive ketones (excluding diaryl/α,β-unsaturated/α-hetero) is 1. The number of hydrogen-bond donors (Lipinski definition) is 1. The fourth-order valence-electron chi connectivity index (χ4n) is 3.17. The first-order valence-corrected chi connectivity index (χ1v) is 10.8. The highest BCUT2D eigenvalue weighted by Crippen LogP contribution is 2.18. The van der Waals surface area contributed by atoms with E-state index in [0.717, 1.165) is 12.8 Å². The second-order valence-electron chi connectivity index (χ2n) is 7.02. The van der Waals surface area contributed by atoms with Crippen LogP contribution in [0.3, 0.4) is 0 Å². The number of carbonyl (C=O) groups excluding carboxylic acids is 2. The summed E-state index contributed by atoms with van der Waals surface area (Å²) in [6.07, 6.45) is 1.96. The van der Waals surface area contributed by atoms with Crippen LogP contribution in [0.25, 0.3) is 0 Å². The van der Waals surface area contributed by atoms with Crippen molar-refractivity contribution in [2.24, 2.45) is 0 Å². The molecule has 0 radical (unpaired) electrons. The van der Waals surface area contributed by atoms with Crippen molar-refractivity contribution in [3.8, 4) is 0 Å². The van der Waals surface area contributed by atoms with Crippen molar-refractivity contribution in [3.05, 3.63) is 29.8 Å². The lowest BCUT2D eigenvalue weighted by Gasteiger charge is -2.33. The molecule has 27 heavy (non-hydrogen) atoms. The van der Waals surface area contributed by atoms with Crippen LogP contribution < -0.4 is 5.32 Å². The third kappa shape index (κ3) is 5.85. The Labute approximate surface area is 161 Å². The van der Waals surface area contributed by atoms with E-state index in [2.05, 4.69) is 12.2 Å². The van der Waals surface area contributed by atoms with E-state index in [4.69, 9.17) is 0 Å². The lowest BCUT2D eigenvalue weighted by molar-refractivity contribution is -0.123. The van der Waals surface area contributed by atoms with Gasteiger partial charge < -0.3 is 5.32 Å². The van der Waals surface area contributed by atoms with Gasteiger partial charge >= 0.3 is 0 Å². The van der Waals surface area contributed by atoms with Crippen LogP contribution in [0, 0.1) is 0 Å². The van der Waals surface area contributed by atoms with Gasteiger partial charge in [0.2, 0.25) is 15.9 Å². The Bertz CT molecular complexity index is 754. The van der Waals surface area contributed by atoms with E-state index in [1.54, 1.807) is 0 Å². The molecule has 150 valence electrons. The van der Waals surface area contributed by atoms with Gasteiger partial charge in [-0.2, -0.15) is 4.31 Å². The first kappa shape index (κ1) is 21.5. The third-order valence-corrected chi connectivity index (χ3v) is 6.64. The zero-order valence-electron chi connectivity index (χ0n) is 16.3. The Morgan fingerprint density at radius 2 is 1.70 bits per heavy atom. The number of benzene rings is 1. The normalized spacial score (nSPS) is 17.4. The topological polar surface area (TPSA) is 86.8 Å². The number of rotatable bonds is 8. The highest BCUT2D eigenvalue weighted by molar-refractivity contribution is 7.89. The molecule has 1 aliphatic heterocycles. The van der Waals surface area contributed by atoms with Crippen LogP contribution in [-0.4, -0.2) is 68.1 Å². The fraction of sp³-hybridized carbons (Fsp3) is 0.579. The molecule has 2 rings (SSSR count). The number of piperazine rings is 1. The maximum Gasteiger partial charge on any atom is 0.243 e. The van der Waals surface area contributed by atoms with Gasteiger partial charge in [0.05, 0.1) is 11.4 Å². The summed E-state index contributed by atoms with van der Waals surface area (Å²) in [4.78, 5) is 25.6. The molecular weight excluding hydrogens is 366 g/mol. The Balaban J connectivity index is 1.90. The summed E-state index contributed by atoms with van der Waals surface area (Å²) < 4.78 is 27.0. The van der Waals surface area contributed by atoms with Crippen molar-refractivity contribution >= 4 is 21.7 Å². The summed E-state index contributed by atoms with van der Waals surface area (Å²) >= 11 is 0. The molecule has 0 aromatic heterocycles. The number of hydrogen-bond acceptors (Lipinski definition) is 5. The largest absolute Gasteiger partial charge is 0.353 e. The third-order valence-electron chi connectivity index (χ3n) is 4.73. The van der Waals surface area contributed by atoms with Crippen LogP contribution in [-0.2, 0) is 14.8 Å². The first-order valence-electron chi connectivity index (χ1n) is 9.37. The lowest BCUT2D eigenvalue weighted by Crippen LogP contribution is -2.51. The van der Waals surface area contributed by atoms with Crippen molar-refractivity contribution in [2.45, 2.75) is 44.6 Å². The van der Waals surface area contributed by atoms with Gasteiger partial charge in [0.25, 0.3) is 0 Å². The van der Waals surface area contributed by atoms with Crippen molar-refractivity contribution in [1.29, 1.82) is 0 Å². The van der Waals surface area contributed by atoms with Gasteiger partial charge in [-0.25, -0.2) is 8.42 Å². The monoisotopic (exact) mass is 395 g/mol. The zero-order chi connectivity index (χ0) is 20.0. The number of amides is 1. The molecule has 1 heterocycles. The van der Waals surface area contributed by atoms with Crippen LogP contribution >= 0.6 is 0 Å². The minimum absolute atomic E-state index is 0.0212. The Hall–Kier alpha value is -1.77. The van der Waals surface area contributed by atoms with Gasteiger partial charge in [-0.1, -0.05) is 25.5 Å². The van der Waals surface area contributed by atoms with E-state index in [0.29, 0.717) is 31.7 Å². The molecule has 1 N–H and O–H groups in total. The number of nitrogens with zero attached hydrogens (tertiary/aromatic N) is 2. The van der Waals surface area contributed by atoms with Crippen molar-refractivity contribution in [1.82, 2.24) is 14.5 Å². The van der Waals surface area contributed by atoms with Gasteiger partial charge in [0.15, 0.2) is 5.78 Å². The molecule has 1 aliphatic rings. The second kappa shape index (κ2) is 9.43. The molecule has 1 aromatic rings. The summed E-state index contributed by atoms with van der Waals surface area (Å²) in [6, 6.07) is 6.17. The summed E-state index contributed by atoms with van der Waals surface area (Å²) in [6.45, 7) is 7.51. The molecule has 0 unspecified atom stereocenters. The minimum atomic E-state index is -3.59. The van der Waals surface area contributed by atoms with Crippen molar-refractivity contribution in [2.75, 3.05) is 32.7 Å². The Kier molecular flexibility index (Phi) is 7.52. The molecule has 1 aromatic carbocycles. The lowest BCUT2D eigenvalue weighted by atomic mass is 10.2. The number of ketones is 1. The van der Waals surface area contributed by atoms with Crippen LogP contribution in [0.15, 0.2) is 29.2 Å². The summed E-state index contributed by atoms with van der Waals surface area (Å²) in [5.41, 5.74) is 0.488. The van der Waals surface area contributed by atoms with Gasteiger partial charge in [0.1, 0.15) is 0 Å². The summed E-state index contributed by atoms with van der Waals surface area (Å²) in [7, 11) is -3.59. The molecular formula is C19H29N3O4S. The second-order valence-corrected chi connectivity index (χ2v) is 8.96. The molecule has 0 bridgehead atoms. The van der Waals surface area contributed by atoms with E-state index in [1.807, 2.05) is 11.8 Å². The summed E-state index contributed by atoms with van der Waals surface area (Å²) in [5.74, 6) is -0.119. The number of carbonyl (C=O) groups is 2. The van der Waals surface area contributed by atoms with Gasteiger partial charge in [-0.3, -0.25) is 14.5 Å². The van der Waals surface area contributed by atoms with E-state index in [1.165, 1.54) is 35.5 Å². The van der Waals surface area contributed by atoms with E-state index in [-0.39, 0.29) is 29.2 Å². The predicted octanol–water partition coefficient (Wildman–Crippen LogP) is 1.50. The standard InChI is InChI=1S/C19H29N3O4S/c1-4-5-15(2)20-19(24)14-21-10-12-22(13-11-21)27(25,26)18-8-6-17(7-9-18)16(3)23/h6-9,15H,4-5,10-14H2,1-3H3,(H,20,24)/t15-/m1/s1. The highest BCUT2D eigenvalue weighted by Gasteiger charge is 2.29. The zero-order valence-corrected chi connectivity index (χ0v) is 17.1. The highest BCUT2D eigenvalue weighted by atomic mass is 32.2. The number of sulfonamides is 1.